The van der Waals surface area contributed by atoms with Gasteiger partial charge < -0.3 is 14.2 Å². The molecule has 4 heteroatoms. The van der Waals surface area contributed by atoms with Crippen LogP contribution >= 0.6 is 0 Å². The number of hydrogen-bond donors (Lipinski definition) is 0. The molecule has 0 atom stereocenters. The van der Waals surface area contributed by atoms with Crippen molar-refractivity contribution >= 4 is 5.97 Å². The molecule has 0 unspecified atom stereocenters. The van der Waals surface area contributed by atoms with Gasteiger partial charge in [-0.15, -0.1) is 0 Å². The predicted molar refractivity (Wildman–Crippen MR) is 113 cm³/mol. The van der Waals surface area contributed by atoms with Gasteiger partial charge in [0.2, 0.25) is 0 Å². The van der Waals surface area contributed by atoms with E-state index in [1.165, 1.54) is 6.92 Å². The van der Waals surface area contributed by atoms with Crippen molar-refractivity contribution < 1.29 is 19.0 Å². The number of benzene rings is 2. The lowest BCUT2D eigenvalue weighted by molar-refractivity contribution is -0.250. The Hall–Kier alpha value is -2.69. The molecule has 2 aromatic carbocycles. The fourth-order valence-electron chi connectivity index (χ4n) is 3.40. The van der Waals surface area contributed by atoms with Gasteiger partial charge in [0.15, 0.2) is 5.79 Å². The minimum atomic E-state index is -0.849. The molecule has 1 aliphatic rings. The van der Waals surface area contributed by atoms with Gasteiger partial charge in [-0.05, 0) is 34.8 Å². The van der Waals surface area contributed by atoms with Crippen LogP contribution in [0.4, 0.5) is 0 Å². The Morgan fingerprint density at radius 1 is 0.897 bits per heavy atom. The third kappa shape index (κ3) is 5.89. The van der Waals surface area contributed by atoms with Crippen molar-refractivity contribution in [2.75, 3.05) is 6.61 Å². The summed E-state index contributed by atoms with van der Waals surface area (Å²) in [4.78, 5) is 11.3. The van der Waals surface area contributed by atoms with Crippen LogP contribution in [0.3, 0.4) is 0 Å². The predicted octanol–water partition coefficient (Wildman–Crippen LogP) is 5.35. The molecule has 3 rings (SSSR count). The lowest BCUT2D eigenvalue weighted by Gasteiger charge is -2.39. The molecule has 0 amide bonds. The number of hydrogen-bond acceptors (Lipinski definition) is 4. The zero-order chi connectivity index (χ0) is 20.7. The van der Waals surface area contributed by atoms with Crippen LogP contribution in [0, 0.1) is 0 Å². The Bertz CT molecular complexity index is 825. The maximum Gasteiger partial charge on any atom is 0.302 e. The molecule has 29 heavy (non-hydrogen) atoms. The number of rotatable bonds is 8. The van der Waals surface area contributed by atoms with Gasteiger partial charge in [0, 0.05) is 19.8 Å². The largest absolute Gasteiger partial charge is 0.461 e. The normalized spacial score (nSPS) is 16.0. The second-order valence-electron chi connectivity index (χ2n) is 7.43. The average Bonchev–Trinajstić information content (AvgIpc) is 2.74. The summed E-state index contributed by atoms with van der Waals surface area (Å²) in [5.74, 6) is -1.15. The first kappa shape index (κ1) is 21.0. The van der Waals surface area contributed by atoms with E-state index in [-0.39, 0.29) is 12.6 Å². The summed E-state index contributed by atoms with van der Waals surface area (Å²) in [7, 11) is 0. The van der Waals surface area contributed by atoms with Gasteiger partial charge in [-0.3, -0.25) is 4.79 Å². The Balaban J connectivity index is 1.81. The maximum absolute atomic E-state index is 11.3. The molecule has 0 radical (unpaired) electrons. The van der Waals surface area contributed by atoms with Crippen LogP contribution in [-0.4, -0.2) is 18.4 Å². The molecule has 0 aliphatic heterocycles. The van der Waals surface area contributed by atoms with Crippen LogP contribution in [0.25, 0.3) is 0 Å². The fourth-order valence-corrected chi connectivity index (χ4v) is 3.40. The van der Waals surface area contributed by atoms with Crippen LogP contribution in [0.15, 0.2) is 84.0 Å². The second-order valence-corrected chi connectivity index (χ2v) is 7.43. The number of carbonyl (C=O) groups excluding carboxylic acids is 1. The van der Waals surface area contributed by atoms with Gasteiger partial charge in [-0.1, -0.05) is 67.2 Å². The lowest BCUT2D eigenvalue weighted by atomic mass is 9.85. The number of allylic oxidation sites excluding steroid dienone is 1. The van der Waals surface area contributed by atoms with Gasteiger partial charge in [-0.25, -0.2) is 0 Å². The molecule has 0 spiro atoms. The molecular formula is C25H28O4. The van der Waals surface area contributed by atoms with E-state index in [2.05, 4.69) is 6.58 Å². The minimum Gasteiger partial charge on any atom is -0.461 e. The van der Waals surface area contributed by atoms with E-state index >= 15 is 0 Å². The third-order valence-electron chi connectivity index (χ3n) is 5.17. The molecule has 0 aromatic heterocycles. The zero-order valence-corrected chi connectivity index (χ0v) is 17.1. The molecule has 0 fully saturated rings. The van der Waals surface area contributed by atoms with E-state index in [0.29, 0.717) is 26.1 Å². The first-order valence-corrected chi connectivity index (χ1v) is 9.83. The Morgan fingerprint density at radius 2 is 1.41 bits per heavy atom. The fraction of sp³-hybridized carbons (Fsp3) is 0.320. The molecule has 0 N–H and O–H groups in total. The van der Waals surface area contributed by atoms with Crippen LogP contribution < -0.4 is 0 Å². The highest BCUT2D eigenvalue weighted by atomic mass is 16.7. The molecule has 152 valence electrons. The smallest absolute Gasteiger partial charge is 0.302 e. The quantitative estimate of drug-likeness (QED) is 0.449. The van der Waals surface area contributed by atoms with Gasteiger partial charge in [0.25, 0.3) is 0 Å². The summed E-state index contributed by atoms with van der Waals surface area (Å²) < 4.78 is 18.0. The van der Waals surface area contributed by atoms with Crippen molar-refractivity contribution in [3.8, 4) is 0 Å². The van der Waals surface area contributed by atoms with E-state index in [9.17, 15) is 4.79 Å². The highest BCUT2D eigenvalue weighted by Gasteiger charge is 2.39. The monoisotopic (exact) mass is 392 g/mol. The maximum atomic E-state index is 11.3. The van der Waals surface area contributed by atoms with E-state index in [4.69, 9.17) is 14.2 Å². The molecule has 2 aromatic rings. The topological polar surface area (TPSA) is 44.8 Å². The SMILES string of the molecule is C=C1CC(OCc2ccccc2)(OCc2ccccc2)CC(COC(C)=O)=C1C. The average molecular weight is 392 g/mol. The summed E-state index contributed by atoms with van der Waals surface area (Å²) in [5, 5.41) is 0. The van der Waals surface area contributed by atoms with Crippen molar-refractivity contribution in [1.29, 1.82) is 0 Å². The van der Waals surface area contributed by atoms with Crippen LogP contribution in [0.5, 0.6) is 0 Å². The van der Waals surface area contributed by atoms with E-state index < -0.39 is 5.79 Å². The summed E-state index contributed by atoms with van der Waals surface area (Å²) in [6.07, 6.45) is 1.10. The Morgan fingerprint density at radius 3 is 1.90 bits per heavy atom. The lowest BCUT2D eigenvalue weighted by Crippen LogP contribution is -2.40. The van der Waals surface area contributed by atoms with Crippen molar-refractivity contribution in [3.05, 3.63) is 95.1 Å². The summed E-state index contributed by atoms with van der Waals surface area (Å²) >= 11 is 0. The Labute approximate surface area is 172 Å². The van der Waals surface area contributed by atoms with Crippen molar-refractivity contribution in [3.63, 3.8) is 0 Å². The first-order valence-electron chi connectivity index (χ1n) is 9.83. The summed E-state index contributed by atoms with van der Waals surface area (Å²) in [5.41, 5.74) is 5.15. The number of esters is 1. The Kier molecular flexibility index (Phi) is 7.02. The molecule has 0 bridgehead atoms. The van der Waals surface area contributed by atoms with E-state index in [0.717, 1.165) is 27.8 Å². The van der Waals surface area contributed by atoms with Gasteiger partial charge in [0.1, 0.15) is 6.61 Å². The molecule has 0 saturated heterocycles. The van der Waals surface area contributed by atoms with Gasteiger partial charge in [-0.2, -0.15) is 0 Å². The standard InChI is InChI=1S/C25H28O4/c1-19-14-25(28-16-22-10-6-4-7-11-22,29-17-23-12-8-5-9-13-23)15-24(20(19)2)18-27-21(3)26/h4-13H,1,14-18H2,2-3H3. The van der Waals surface area contributed by atoms with Crippen LogP contribution in [0.1, 0.15) is 37.8 Å². The molecule has 4 nitrogen and oxygen atoms in total. The van der Waals surface area contributed by atoms with Gasteiger partial charge >= 0.3 is 5.97 Å². The zero-order valence-electron chi connectivity index (χ0n) is 17.1. The van der Waals surface area contributed by atoms with E-state index in [1.807, 2.05) is 67.6 Å². The van der Waals surface area contributed by atoms with Gasteiger partial charge in [0.05, 0.1) is 13.2 Å². The summed E-state index contributed by atoms with van der Waals surface area (Å²) in [6, 6.07) is 20.1. The summed E-state index contributed by atoms with van der Waals surface area (Å²) in [6.45, 7) is 8.74. The third-order valence-corrected chi connectivity index (χ3v) is 5.17. The molecule has 0 saturated carbocycles. The molecule has 0 heterocycles. The minimum absolute atomic E-state index is 0.228. The molecular weight excluding hydrogens is 364 g/mol. The van der Waals surface area contributed by atoms with Crippen LogP contribution in [0.2, 0.25) is 0 Å². The first-order chi connectivity index (χ1) is 14.0. The number of ether oxygens (including phenoxy) is 3. The van der Waals surface area contributed by atoms with Crippen molar-refractivity contribution in [2.24, 2.45) is 0 Å². The number of carbonyl (C=O) groups is 1. The van der Waals surface area contributed by atoms with E-state index in [1.54, 1.807) is 0 Å². The van der Waals surface area contributed by atoms with Crippen molar-refractivity contribution in [1.82, 2.24) is 0 Å². The highest BCUT2D eigenvalue weighted by Crippen LogP contribution is 2.40. The van der Waals surface area contributed by atoms with Crippen LogP contribution in [-0.2, 0) is 32.2 Å². The highest BCUT2D eigenvalue weighted by molar-refractivity contribution is 5.66. The van der Waals surface area contributed by atoms with Crippen molar-refractivity contribution in [2.45, 2.75) is 45.7 Å². The molecule has 1 aliphatic carbocycles. The second kappa shape index (κ2) is 9.68.